The normalized spacial score (nSPS) is 12.1. The maximum Gasteiger partial charge on any atom is 0.433 e. The molecule has 0 unspecified atom stereocenters. The van der Waals surface area contributed by atoms with Crippen molar-refractivity contribution in [2.75, 3.05) is 14.1 Å². The van der Waals surface area contributed by atoms with Crippen molar-refractivity contribution in [1.82, 2.24) is 9.88 Å². The van der Waals surface area contributed by atoms with E-state index in [1.165, 1.54) is 12.3 Å². The van der Waals surface area contributed by atoms with Crippen LogP contribution in [0.2, 0.25) is 0 Å². The van der Waals surface area contributed by atoms with E-state index in [1.807, 2.05) is 19.0 Å². The smallest absolute Gasteiger partial charge is 0.305 e. The van der Waals surface area contributed by atoms with Gasteiger partial charge in [0.2, 0.25) is 0 Å². The van der Waals surface area contributed by atoms with Crippen LogP contribution in [0.1, 0.15) is 11.3 Å². The molecule has 0 saturated carbocycles. The van der Waals surface area contributed by atoms with E-state index < -0.39 is 11.9 Å². The minimum atomic E-state index is -4.35. The zero-order chi connectivity index (χ0) is 10.8. The van der Waals surface area contributed by atoms with Gasteiger partial charge in [-0.1, -0.05) is 6.07 Å². The largest absolute Gasteiger partial charge is 0.433 e. The van der Waals surface area contributed by atoms with Crippen LogP contribution >= 0.6 is 0 Å². The summed E-state index contributed by atoms with van der Waals surface area (Å²) in [4.78, 5) is 5.22. The predicted octanol–water partition coefficient (Wildman–Crippen LogP) is 2.16. The second-order valence-electron chi connectivity index (χ2n) is 3.29. The van der Waals surface area contributed by atoms with Gasteiger partial charge in [0.05, 0.1) is 0 Å². The minimum Gasteiger partial charge on any atom is -0.305 e. The molecule has 5 heteroatoms. The second-order valence-corrected chi connectivity index (χ2v) is 3.29. The van der Waals surface area contributed by atoms with Crippen LogP contribution in [-0.4, -0.2) is 24.0 Å². The Morgan fingerprint density at radius 2 is 1.93 bits per heavy atom. The summed E-state index contributed by atoms with van der Waals surface area (Å²) in [7, 11) is 3.69. The topological polar surface area (TPSA) is 16.1 Å². The number of rotatable bonds is 2. The standard InChI is InChI=1S/C9H11F3N2/c1-14(2)6-7-3-4-8(13-5-7)9(10,11)12/h3-5H,6H2,1-2H3. The van der Waals surface area contributed by atoms with Crippen LogP contribution in [0.15, 0.2) is 18.3 Å². The molecular formula is C9H11F3N2. The molecule has 0 aliphatic carbocycles. The number of nitrogens with zero attached hydrogens (tertiary/aromatic N) is 2. The van der Waals surface area contributed by atoms with Gasteiger partial charge in [-0.25, -0.2) is 0 Å². The van der Waals surface area contributed by atoms with E-state index in [2.05, 4.69) is 4.98 Å². The summed E-state index contributed by atoms with van der Waals surface area (Å²) in [6, 6.07) is 2.44. The van der Waals surface area contributed by atoms with Gasteiger partial charge in [-0.05, 0) is 25.7 Å². The Labute approximate surface area is 80.4 Å². The van der Waals surface area contributed by atoms with Gasteiger partial charge in [0.25, 0.3) is 0 Å². The van der Waals surface area contributed by atoms with Crippen LogP contribution in [0.3, 0.4) is 0 Å². The lowest BCUT2D eigenvalue weighted by atomic mass is 10.2. The van der Waals surface area contributed by atoms with Crippen molar-refractivity contribution >= 4 is 0 Å². The number of pyridine rings is 1. The molecule has 0 amide bonds. The molecule has 1 aromatic rings. The first-order valence-corrected chi connectivity index (χ1v) is 4.06. The highest BCUT2D eigenvalue weighted by Crippen LogP contribution is 2.27. The number of hydrogen-bond acceptors (Lipinski definition) is 2. The third-order valence-electron chi connectivity index (χ3n) is 1.61. The molecule has 0 N–H and O–H groups in total. The van der Waals surface area contributed by atoms with Gasteiger partial charge < -0.3 is 4.90 Å². The lowest BCUT2D eigenvalue weighted by Crippen LogP contribution is -2.12. The molecule has 0 radical (unpaired) electrons. The fourth-order valence-corrected chi connectivity index (χ4v) is 1.05. The van der Waals surface area contributed by atoms with Crippen LogP contribution in [0.5, 0.6) is 0 Å². The average Bonchev–Trinajstić information content (AvgIpc) is 2.02. The van der Waals surface area contributed by atoms with Gasteiger partial charge in [-0.15, -0.1) is 0 Å². The van der Waals surface area contributed by atoms with Crippen molar-refractivity contribution in [2.24, 2.45) is 0 Å². The van der Waals surface area contributed by atoms with Gasteiger partial charge in [-0.3, -0.25) is 4.98 Å². The van der Waals surface area contributed by atoms with Crippen molar-refractivity contribution in [2.45, 2.75) is 12.7 Å². The lowest BCUT2D eigenvalue weighted by molar-refractivity contribution is -0.141. The predicted molar refractivity (Wildman–Crippen MR) is 46.6 cm³/mol. The first-order valence-electron chi connectivity index (χ1n) is 4.06. The molecule has 0 atom stereocenters. The molecular weight excluding hydrogens is 193 g/mol. The molecule has 0 saturated heterocycles. The summed E-state index contributed by atoms with van der Waals surface area (Å²) in [6.45, 7) is 0.588. The van der Waals surface area contributed by atoms with Crippen LogP contribution in [-0.2, 0) is 12.7 Å². The van der Waals surface area contributed by atoms with Crippen molar-refractivity contribution < 1.29 is 13.2 Å². The Balaban J connectivity index is 2.79. The first kappa shape index (κ1) is 11.0. The summed E-state index contributed by atoms with van der Waals surface area (Å²) >= 11 is 0. The van der Waals surface area contributed by atoms with E-state index in [0.29, 0.717) is 6.54 Å². The highest BCUT2D eigenvalue weighted by Gasteiger charge is 2.31. The second kappa shape index (κ2) is 3.96. The average molecular weight is 204 g/mol. The Morgan fingerprint density at radius 1 is 1.29 bits per heavy atom. The van der Waals surface area contributed by atoms with Gasteiger partial charge in [-0.2, -0.15) is 13.2 Å². The molecule has 2 nitrogen and oxygen atoms in total. The summed E-state index contributed by atoms with van der Waals surface area (Å²) in [6.07, 6.45) is -3.10. The maximum atomic E-state index is 12.1. The fourth-order valence-electron chi connectivity index (χ4n) is 1.05. The quantitative estimate of drug-likeness (QED) is 0.733. The van der Waals surface area contributed by atoms with Crippen molar-refractivity contribution in [3.8, 4) is 0 Å². The molecule has 1 rings (SSSR count). The number of aromatic nitrogens is 1. The Bertz CT molecular complexity index is 290. The molecule has 0 aliphatic rings. The van der Waals surface area contributed by atoms with Crippen LogP contribution < -0.4 is 0 Å². The summed E-state index contributed by atoms with van der Waals surface area (Å²) < 4.78 is 36.3. The Morgan fingerprint density at radius 3 is 2.29 bits per heavy atom. The Kier molecular flexibility index (Phi) is 3.10. The SMILES string of the molecule is CN(C)Cc1ccc(C(F)(F)F)nc1. The maximum absolute atomic E-state index is 12.1. The van der Waals surface area contributed by atoms with E-state index in [4.69, 9.17) is 0 Å². The van der Waals surface area contributed by atoms with E-state index in [1.54, 1.807) is 0 Å². The molecule has 0 fully saturated rings. The molecule has 0 spiro atoms. The van der Waals surface area contributed by atoms with Crippen molar-refractivity contribution in [3.05, 3.63) is 29.6 Å². The Hall–Kier alpha value is -1.10. The summed E-state index contributed by atoms with van der Waals surface area (Å²) in [5.74, 6) is 0. The molecule has 0 aromatic carbocycles. The highest BCUT2D eigenvalue weighted by molar-refractivity contribution is 5.15. The van der Waals surface area contributed by atoms with Gasteiger partial charge in [0.1, 0.15) is 5.69 Å². The monoisotopic (exact) mass is 204 g/mol. The lowest BCUT2D eigenvalue weighted by Gasteiger charge is -2.10. The van der Waals surface area contributed by atoms with Crippen LogP contribution in [0.4, 0.5) is 13.2 Å². The van der Waals surface area contributed by atoms with Crippen LogP contribution in [0.25, 0.3) is 0 Å². The molecule has 0 aliphatic heterocycles. The zero-order valence-electron chi connectivity index (χ0n) is 7.97. The van der Waals surface area contributed by atoms with Gasteiger partial charge in [0.15, 0.2) is 0 Å². The third kappa shape index (κ3) is 2.99. The molecule has 1 aromatic heterocycles. The first-order chi connectivity index (χ1) is 6.39. The van der Waals surface area contributed by atoms with E-state index in [0.717, 1.165) is 11.6 Å². The number of alkyl halides is 3. The summed E-state index contributed by atoms with van der Waals surface area (Å²) in [5.41, 5.74) is -0.0805. The highest BCUT2D eigenvalue weighted by atomic mass is 19.4. The van der Waals surface area contributed by atoms with Gasteiger partial charge in [0, 0.05) is 12.7 Å². The third-order valence-corrected chi connectivity index (χ3v) is 1.61. The number of halogens is 3. The van der Waals surface area contributed by atoms with E-state index in [9.17, 15) is 13.2 Å². The summed E-state index contributed by atoms with van der Waals surface area (Å²) in [5, 5.41) is 0. The van der Waals surface area contributed by atoms with E-state index >= 15 is 0 Å². The number of hydrogen-bond donors (Lipinski definition) is 0. The van der Waals surface area contributed by atoms with Crippen molar-refractivity contribution in [1.29, 1.82) is 0 Å². The van der Waals surface area contributed by atoms with E-state index in [-0.39, 0.29) is 0 Å². The van der Waals surface area contributed by atoms with Gasteiger partial charge >= 0.3 is 6.18 Å². The zero-order valence-corrected chi connectivity index (χ0v) is 7.97. The van der Waals surface area contributed by atoms with Crippen molar-refractivity contribution in [3.63, 3.8) is 0 Å². The molecule has 0 bridgehead atoms. The fraction of sp³-hybridized carbons (Fsp3) is 0.444. The minimum absolute atomic E-state index is 0.588. The molecule has 78 valence electrons. The molecule has 1 heterocycles. The van der Waals surface area contributed by atoms with Crippen LogP contribution in [0, 0.1) is 0 Å². The molecule has 14 heavy (non-hydrogen) atoms.